The summed E-state index contributed by atoms with van der Waals surface area (Å²) in [6, 6.07) is 7.00. The minimum absolute atomic E-state index is 0.0647. The number of nitrogens with zero attached hydrogens (tertiary/aromatic N) is 1. The number of benzene rings is 1. The van der Waals surface area contributed by atoms with Crippen molar-refractivity contribution < 1.29 is 14.0 Å². The smallest absolute Gasteiger partial charge is 0.257 e. The van der Waals surface area contributed by atoms with Crippen LogP contribution >= 0.6 is 11.6 Å². The number of furan rings is 1. The molecule has 0 aliphatic carbocycles. The van der Waals surface area contributed by atoms with E-state index in [0.29, 0.717) is 23.7 Å². The summed E-state index contributed by atoms with van der Waals surface area (Å²) >= 11 is 5.94. The number of hydrogen-bond acceptors (Lipinski definition) is 3. The third-order valence-corrected chi connectivity index (χ3v) is 4.53. The summed E-state index contributed by atoms with van der Waals surface area (Å²) in [5.41, 5.74) is 2.19. The normalized spacial score (nSPS) is 17.6. The minimum Gasteiger partial charge on any atom is -0.472 e. The number of carbonyl (C=O) groups excluding carboxylic acids is 2. The van der Waals surface area contributed by atoms with Crippen molar-refractivity contribution in [3.8, 4) is 0 Å². The lowest BCUT2D eigenvalue weighted by Gasteiger charge is -2.32. The first-order valence-corrected chi connectivity index (χ1v) is 8.31. The fraction of sp³-hybridized carbons (Fsp3) is 0.333. The zero-order valence-corrected chi connectivity index (χ0v) is 14.2. The molecule has 1 aliphatic rings. The highest BCUT2D eigenvalue weighted by Gasteiger charge is 2.29. The number of piperidine rings is 1. The fourth-order valence-corrected chi connectivity index (χ4v) is 3.17. The third kappa shape index (κ3) is 3.62. The first kappa shape index (κ1) is 16.6. The van der Waals surface area contributed by atoms with Crippen molar-refractivity contribution in [2.24, 2.45) is 5.92 Å². The number of nitrogens with one attached hydrogen (secondary N) is 1. The van der Waals surface area contributed by atoms with E-state index in [1.807, 2.05) is 13.0 Å². The maximum absolute atomic E-state index is 12.6. The summed E-state index contributed by atoms with van der Waals surface area (Å²) in [6.45, 7) is 2.98. The fourth-order valence-electron chi connectivity index (χ4n) is 2.95. The van der Waals surface area contributed by atoms with Gasteiger partial charge in [0.2, 0.25) is 5.91 Å². The van der Waals surface area contributed by atoms with Crippen molar-refractivity contribution in [1.29, 1.82) is 0 Å². The molecular weight excluding hydrogens is 328 g/mol. The van der Waals surface area contributed by atoms with Gasteiger partial charge in [-0.15, -0.1) is 0 Å². The second-order valence-electron chi connectivity index (χ2n) is 6.05. The minimum atomic E-state index is -0.218. The van der Waals surface area contributed by atoms with Crippen LogP contribution < -0.4 is 5.32 Å². The number of aryl methyl sites for hydroxylation is 1. The summed E-state index contributed by atoms with van der Waals surface area (Å²) in [5.74, 6) is -0.376. The average molecular weight is 347 g/mol. The summed E-state index contributed by atoms with van der Waals surface area (Å²) < 4.78 is 4.96. The molecule has 1 fully saturated rings. The van der Waals surface area contributed by atoms with Crippen LogP contribution in [0.15, 0.2) is 41.2 Å². The second kappa shape index (κ2) is 7.09. The van der Waals surface area contributed by atoms with Gasteiger partial charge >= 0.3 is 0 Å². The number of carbonyl (C=O) groups is 2. The summed E-state index contributed by atoms with van der Waals surface area (Å²) in [6.07, 6.45) is 4.49. The van der Waals surface area contributed by atoms with Crippen LogP contribution in [0.1, 0.15) is 28.8 Å². The standard InChI is InChI=1S/C18H19ClN2O3/c1-12-9-15(19)4-5-16(12)20-17(22)13-3-2-7-21(10-13)18(23)14-6-8-24-11-14/h4-6,8-9,11,13H,2-3,7,10H2,1H3,(H,20,22)/t13-/m1/s1. The Balaban J connectivity index is 1.65. The van der Waals surface area contributed by atoms with Crippen molar-refractivity contribution in [1.82, 2.24) is 4.90 Å². The lowest BCUT2D eigenvalue weighted by Crippen LogP contribution is -2.43. The lowest BCUT2D eigenvalue weighted by molar-refractivity contribution is -0.121. The first-order chi connectivity index (χ1) is 11.5. The Morgan fingerprint density at radius 2 is 2.17 bits per heavy atom. The Labute approximate surface area is 145 Å². The van der Waals surface area contributed by atoms with Crippen molar-refractivity contribution in [2.75, 3.05) is 18.4 Å². The van der Waals surface area contributed by atoms with E-state index in [1.54, 1.807) is 23.1 Å². The Morgan fingerprint density at radius 1 is 1.33 bits per heavy atom. The molecule has 5 nitrogen and oxygen atoms in total. The third-order valence-electron chi connectivity index (χ3n) is 4.29. The topological polar surface area (TPSA) is 62.6 Å². The number of anilines is 1. The number of halogens is 1. The van der Waals surface area contributed by atoms with Gasteiger partial charge in [-0.3, -0.25) is 9.59 Å². The summed E-state index contributed by atoms with van der Waals surface area (Å²) in [7, 11) is 0. The van der Waals surface area contributed by atoms with E-state index in [1.165, 1.54) is 12.5 Å². The Kier molecular flexibility index (Phi) is 4.90. The second-order valence-corrected chi connectivity index (χ2v) is 6.49. The van der Waals surface area contributed by atoms with Crippen LogP contribution in [0.25, 0.3) is 0 Å². The van der Waals surface area contributed by atoms with Crippen LogP contribution in [0.3, 0.4) is 0 Å². The maximum Gasteiger partial charge on any atom is 0.257 e. The molecule has 0 radical (unpaired) electrons. The van der Waals surface area contributed by atoms with Gasteiger partial charge in [-0.05, 0) is 49.6 Å². The van der Waals surface area contributed by atoms with Crippen LogP contribution in [-0.4, -0.2) is 29.8 Å². The summed E-state index contributed by atoms with van der Waals surface area (Å²) in [5, 5.41) is 3.59. The van der Waals surface area contributed by atoms with Crippen LogP contribution in [0.4, 0.5) is 5.69 Å². The van der Waals surface area contributed by atoms with Gasteiger partial charge in [-0.25, -0.2) is 0 Å². The van der Waals surface area contributed by atoms with Gasteiger partial charge in [0.15, 0.2) is 0 Å². The molecular formula is C18H19ClN2O3. The molecule has 1 saturated heterocycles. The molecule has 126 valence electrons. The molecule has 0 bridgehead atoms. The van der Waals surface area contributed by atoms with Crippen molar-refractivity contribution in [3.05, 3.63) is 52.9 Å². The van der Waals surface area contributed by atoms with Crippen molar-refractivity contribution in [3.63, 3.8) is 0 Å². The Bertz CT molecular complexity index is 743. The van der Waals surface area contributed by atoms with Crippen molar-refractivity contribution >= 4 is 29.1 Å². The molecule has 1 aromatic heterocycles. The average Bonchev–Trinajstić information content (AvgIpc) is 3.11. The lowest BCUT2D eigenvalue weighted by atomic mass is 9.96. The highest BCUT2D eigenvalue weighted by molar-refractivity contribution is 6.30. The van der Waals surface area contributed by atoms with Gasteiger partial charge in [0.1, 0.15) is 6.26 Å². The SMILES string of the molecule is Cc1cc(Cl)ccc1NC(=O)[C@@H]1CCCN(C(=O)c2ccoc2)C1. The zero-order valence-electron chi connectivity index (χ0n) is 13.4. The molecule has 1 N–H and O–H groups in total. The maximum atomic E-state index is 12.6. The van der Waals surface area contributed by atoms with Gasteiger partial charge in [0.25, 0.3) is 5.91 Å². The van der Waals surface area contributed by atoms with Crippen LogP contribution in [0.5, 0.6) is 0 Å². The van der Waals surface area contributed by atoms with E-state index in [0.717, 1.165) is 24.1 Å². The van der Waals surface area contributed by atoms with E-state index in [2.05, 4.69) is 5.32 Å². The molecule has 24 heavy (non-hydrogen) atoms. The number of hydrogen-bond donors (Lipinski definition) is 1. The predicted octanol–water partition coefficient (Wildman–Crippen LogP) is 3.73. The number of amides is 2. The first-order valence-electron chi connectivity index (χ1n) is 7.93. The van der Waals surface area contributed by atoms with Gasteiger partial charge < -0.3 is 14.6 Å². The largest absolute Gasteiger partial charge is 0.472 e. The van der Waals surface area contributed by atoms with Crippen LogP contribution in [0.2, 0.25) is 5.02 Å². The van der Waals surface area contributed by atoms with E-state index in [9.17, 15) is 9.59 Å². The molecule has 1 aliphatic heterocycles. The van der Waals surface area contributed by atoms with Gasteiger partial charge in [0.05, 0.1) is 17.7 Å². The monoisotopic (exact) mass is 346 g/mol. The molecule has 2 aromatic rings. The predicted molar refractivity (Wildman–Crippen MR) is 92.2 cm³/mol. The van der Waals surface area contributed by atoms with E-state index in [-0.39, 0.29) is 17.7 Å². The highest BCUT2D eigenvalue weighted by atomic mass is 35.5. The van der Waals surface area contributed by atoms with E-state index in [4.69, 9.17) is 16.0 Å². The van der Waals surface area contributed by atoms with E-state index < -0.39 is 0 Å². The molecule has 1 atom stereocenters. The van der Waals surface area contributed by atoms with Crippen molar-refractivity contribution in [2.45, 2.75) is 19.8 Å². The summed E-state index contributed by atoms with van der Waals surface area (Å²) in [4.78, 5) is 26.7. The number of likely N-dealkylation sites (tertiary alicyclic amines) is 1. The molecule has 0 spiro atoms. The van der Waals surface area contributed by atoms with Gasteiger partial charge in [-0.1, -0.05) is 11.6 Å². The van der Waals surface area contributed by atoms with Crippen LogP contribution in [0, 0.1) is 12.8 Å². The van der Waals surface area contributed by atoms with Crippen LogP contribution in [-0.2, 0) is 4.79 Å². The molecule has 0 saturated carbocycles. The zero-order chi connectivity index (χ0) is 17.1. The molecule has 6 heteroatoms. The highest BCUT2D eigenvalue weighted by Crippen LogP contribution is 2.23. The van der Waals surface area contributed by atoms with E-state index >= 15 is 0 Å². The Morgan fingerprint density at radius 3 is 2.88 bits per heavy atom. The molecule has 1 aromatic carbocycles. The van der Waals surface area contributed by atoms with Gasteiger partial charge in [0, 0.05) is 23.8 Å². The quantitative estimate of drug-likeness (QED) is 0.921. The molecule has 2 amide bonds. The number of rotatable bonds is 3. The molecule has 2 heterocycles. The molecule has 3 rings (SSSR count). The molecule has 0 unspecified atom stereocenters. The van der Waals surface area contributed by atoms with Gasteiger partial charge in [-0.2, -0.15) is 0 Å². The Hall–Kier alpha value is -2.27.